The van der Waals surface area contributed by atoms with Gasteiger partial charge in [-0.25, -0.2) is 0 Å². The number of hydrogen-bond acceptors (Lipinski definition) is 5. The molecule has 2 aromatic rings. The van der Waals surface area contributed by atoms with Gasteiger partial charge in [0.2, 0.25) is 0 Å². The van der Waals surface area contributed by atoms with Crippen molar-refractivity contribution in [3.05, 3.63) is 53.6 Å². The van der Waals surface area contributed by atoms with Crippen molar-refractivity contribution in [3.63, 3.8) is 0 Å². The van der Waals surface area contributed by atoms with Crippen molar-refractivity contribution in [3.8, 4) is 11.5 Å². The van der Waals surface area contributed by atoms with E-state index in [9.17, 15) is 9.90 Å². The smallest absolute Gasteiger partial charge is 0.258 e. The van der Waals surface area contributed by atoms with Crippen LogP contribution < -0.4 is 19.7 Å². The summed E-state index contributed by atoms with van der Waals surface area (Å²) in [7, 11) is 6.89. The Bertz CT molecular complexity index is 692. The second kappa shape index (κ2) is 8.39. The zero-order valence-electron chi connectivity index (χ0n) is 14.9. The zero-order chi connectivity index (χ0) is 18.4. The number of carbonyl (C=O) groups excluding carboxylic acids is 1. The molecule has 2 aromatic carbocycles. The van der Waals surface area contributed by atoms with Gasteiger partial charge >= 0.3 is 0 Å². The summed E-state index contributed by atoms with van der Waals surface area (Å²) in [6.45, 7) is 0.0847. The van der Waals surface area contributed by atoms with Crippen molar-refractivity contribution in [2.24, 2.45) is 0 Å². The molecule has 2 rings (SSSR count). The molecule has 0 aromatic heterocycles. The Morgan fingerprint density at radius 1 is 1.08 bits per heavy atom. The molecule has 0 aliphatic heterocycles. The minimum absolute atomic E-state index is 0.0847. The number of nitrogens with zero attached hydrogens (tertiary/aromatic N) is 1. The Hall–Kier alpha value is -2.73. The van der Waals surface area contributed by atoms with E-state index in [2.05, 4.69) is 5.32 Å². The van der Waals surface area contributed by atoms with Gasteiger partial charge < -0.3 is 24.8 Å². The molecule has 0 spiro atoms. The highest BCUT2D eigenvalue weighted by Crippen LogP contribution is 2.28. The van der Waals surface area contributed by atoms with Gasteiger partial charge in [0.1, 0.15) is 17.1 Å². The first-order valence-electron chi connectivity index (χ1n) is 7.92. The minimum Gasteiger partial charge on any atom is -0.496 e. The summed E-state index contributed by atoms with van der Waals surface area (Å²) >= 11 is 0. The Morgan fingerprint density at radius 3 is 2.12 bits per heavy atom. The number of hydrogen-bond donors (Lipinski definition) is 2. The molecule has 6 nitrogen and oxygen atoms in total. The monoisotopic (exact) mass is 344 g/mol. The van der Waals surface area contributed by atoms with Crippen LogP contribution in [0, 0.1) is 0 Å². The van der Waals surface area contributed by atoms with Crippen LogP contribution in [-0.2, 0) is 0 Å². The average molecular weight is 344 g/mol. The molecule has 0 saturated heterocycles. The lowest BCUT2D eigenvalue weighted by Crippen LogP contribution is -2.29. The van der Waals surface area contributed by atoms with Gasteiger partial charge in [-0.3, -0.25) is 4.79 Å². The normalized spacial score (nSPS) is 11.6. The molecule has 134 valence electrons. The summed E-state index contributed by atoms with van der Waals surface area (Å²) < 4.78 is 10.5. The molecular weight excluding hydrogens is 320 g/mol. The summed E-state index contributed by atoms with van der Waals surface area (Å²) in [6, 6.07) is 12.6. The second-order valence-electron chi connectivity index (χ2n) is 5.75. The van der Waals surface area contributed by atoms with Crippen LogP contribution in [0.2, 0.25) is 0 Å². The standard InChI is InChI=1S/C19H24N2O4/c1-21(2)14-10-8-13(9-11-14)15(22)12-20-19(23)18-16(24-3)6-5-7-17(18)25-4/h5-11,15,22H,12H2,1-4H3,(H,20,23). The fraction of sp³-hybridized carbons (Fsp3) is 0.316. The van der Waals surface area contributed by atoms with Gasteiger partial charge in [-0.05, 0) is 29.8 Å². The van der Waals surface area contributed by atoms with Crippen LogP contribution in [0.3, 0.4) is 0 Å². The average Bonchev–Trinajstić information content (AvgIpc) is 2.64. The highest BCUT2D eigenvalue weighted by Gasteiger charge is 2.19. The number of aliphatic hydroxyl groups is 1. The van der Waals surface area contributed by atoms with E-state index in [0.29, 0.717) is 17.1 Å². The lowest BCUT2D eigenvalue weighted by Gasteiger charge is -2.17. The van der Waals surface area contributed by atoms with Gasteiger partial charge in [0.05, 0.1) is 20.3 Å². The van der Waals surface area contributed by atoms with E-state index in [0.717, 1.165) is 11.3 Å². The van der Waals surface area contributed by atoms with Crippen LogP contribution in [0.25, 0.3) is 0 Å². The third-order valence-corrected chi connectivity index (χ3v) is 3.91. The first-order chi connectivity index (χ1) is 12.0. The second-order valence-corrected chi connectivity index (χ2v) is 5.75. The molecule has 0 radical (unpaired) electrons. The third kappa shape index (κ3) is 4.42. The quantitative estimate of drug-likeness (QED) is 0.806. The highest BCUT2D eigenvalue weighted by atomic mass is 16.5. The van der Waals surface area contributed by atoms with E-state index in [-0.39, 0.29) is 12.5 Å². The van der Waals surface area contributed by atoms with E-state index < -0.39 is 6.10 Å². The Morgan fingerprint density at radius 2 is 1.64 bits per heavy atom. The lowest BCUT2D eigenvalue weighted by atomic mass is 10.1. The van der Waals surface area contributed by atoms with Gasteiger partial charge in [0.25, 0.3) is 5.91 Å². The minimum atomic E-state index is -0.805. The van der Waals surface area contributed by atoms with Crippen LogP contribution >= 0.6 is 0 Å². The first-order valence-corrected chi connectivity index (χ1v) is 7.92. The van der Waals surface area contributed by atoms with Crippen molar-refractivity contribution in [2.45, 2.75) is 6.10 Å². The molecule has 0 saturated carbocycles. The van der Waals surface area contributed by atoms with Gasteiger partial charge in [0, 0.05) is 26.3 Å². The van der Waals surface area contributed by atoms with E-state index in [1.807, 2.05) is 43.3 Å². The molecular formula is C19H24N2O4. The maximum absolute atomic E-state index is 12.5. The van der Waals surface area contributed by atoms with E-state index in [1.165, 1.54) is 14.2 Å². The van der Waals surface area contributed by atoms with E-state index >= 15 is 0 Å². The molecule has 0 aliphatic rings. The summed E-state index contributed by atoms with van der Waals surface area (Å²) in [5.74, 6) is 0.474. The summed E-state index contributed by atoms with van der Waals surface area (Å²) in [6.07, 6.45) is -0.805. The maximum atomic E-state index is 12.5. The predicted molar refractivity (Wildman–Crippen MR) is 97.6 cm³/mol. The highest BCUT2D eigenvalue weighted by molar-refractivity contribution is 5.99. The molecule has 6 heteroatoms. The fourth-order valence-corrected chi connectivity index (χ4v) is 2.47. The number of anilines is 1. The van der Waals surface area contributed by atoms with Crippen molar-refractivity contribution in [1.82, 2.24) is 5.32 Å². The van der Waals surface area contributed by atoms with Crippen molar-refractivity contribution < 1.29 is 19.4 Å². The predicted octanol–water partition coefficient (Wildman–Crippen LogP) is 2.23. The Kier molecular flexibility index (Phi) is 6.25. The largest absolute Gasteiger partial charge is 0.496 e. The first kappa shape index (κ1) is 18.6. The van der Waals surface area contributed by atoms with Gasteiger partial charge in [-0.15, -0.1) is 0 Å². The zero-order valence-corrected chi connectivity index (χ0v) is 14.9. The summed E-state index contributed by atoms with van der Waals surface area (Å²) in [5, 5.41) is 13.0. The topological polar surface area (TPSA) is 71.0 Å². The van der Waals surface area contributed by atoms with Gasteiger partial charge in [0.15, 0.2) is 0 Å². The Balaban J connectivity index is 2.07. The Labute approximate surface area is 148 Å². The van der Waals surface area contributed by atoms with Crippen LogP contribution in [0.15, 0.2) is 42.5 Å². The molecule has 0 fully saturated rings. The van der Waals surface area contributed by atoms with Crippen LogP contribution in [0.5, 0.6) is 11.5 Å². The molecule has 0 bridgehead atoms. The molecule has 1 unspecified atom stereocenters. The summed E-state index contributed by atoms with van der Waals surface area (Å²) in [5.41, 5.74) is 2.08. The van der Waals surface area contributed by atoms with Crippen molar-refractivity contribution in [1.29, 1.82) is 0 Å². The number of amides is 1. The molecule has 0 aliphatic carbocycles. The maximum Gasteiger partial charge on any atom is 0.258 e. The van der Waals surface area contributed by atoms with Crippen molar-refractivity contribution in [2.75, 3.05) is 39.8 Å². The number of methoxy groups -OCH3 is 2. The molecule has 1 amide bonds. The van der Waals surface area contributed by atoms with E-state index in [4.69, 9.17) is 9.47 Å². The van der Waals surface area contributed by atoms with Crippen LogP contribution in [0.4, 0.5) is 5.69 Å². The van der Waals surface area contributed by atoms with Crippen LogP contribution in [0.1, 0.15) is 22.0 Å². The van der Waals surface area contributed by atoms with E-state index in [1.54, 1.807) is 18.2 Å². The SMILES string of the molecule is COc1cccc(OC)c1C(=O)NCC(O)c1ccc(N(C)C)cc1. The molecule has 25 heavy (non-hydrogen) atoms. The molecule has 1 atom stereocenters. The number of benzene rings is 2. The molecule has 0 heterocycles. The van der Waals surface area contributed by atoms with Gasteiger partial charge in [-0.2, -0.15) is 0 Å². The number of nitrogens with one attached hydrogen (secondary N) is 1. The summed E-state index contributed by atoms with van der Waals surface area (Å²) in [4.78, 5) is 14.5. The fourth-order valence-electron chi connectivity index (χ4n) is 2.47. The van der Waals surface area contributed by atoms with Crippen LogP contribution in [-0.4, -0.2) is 45.9 Å². The number of aliphatic hydroxyl groups excluding tert-OH is 1. The van der Waals surface area contributed by atoms with Gasteiger partial charge in [-0.1, -0.05) is 18.2 Å². The number of ether oxygens (including phenoxy) is 2. The molecule has 2 N–H and O–H groups in total. The number of rotatable bonds is 7. The number of carbonyl (C=O) groups is 1. The third-order valence-electron chi connectivity index (χ3n) is 3.91. The lowest BCUT2D eigenvalue weighted by molar-refractivity contribution is 0.0910. The van der Waals surface area contributed by atoms with Crippen molar-refractivity contribution >= 4 is 11.6 Å².